The van der Waals surface area contributed by atoms with Crippen molar-refractivity contribution in [1.29, 1.82) is 0 Å². The van der Waals surface area contributed by atoms with Gasteiger partial charge in [0.1, 0.15) is 5.82 Å². The third-order valence-electron chi connectivity index (χ3n) is 5.36. The average molecular weight is 376 g/mol. The van der Waals surface area contributed by atoms with Crippen molar-refractivity contribution in [3.05, 3.63) is 42.2 Å². The van der Waals surface area contributed by atoms with E-state index in [-0.39, 0.29) is 12.2 Å². The van der Waals surface area contributed by atoms with Crippen LogP contribution >= 0.6 is 0 Å². The quantitative estimate of drug-likeness (QED) is 0.593. The number of nitrogens with zero attached hydrogens (tertiary/aromatic N) is 5. The van der Waals surface area contributed by atoms with Crippen molar-refractivity contribution in [2.24, 2.45) is 0 Å². The Balaban J connectivity index is 1.59. The molecule has 0 unspecified atom stereocenters. The molecule has 0 aliphatic carbocycles. The van der Waals surface area contributed by atoms with Crippen LogP contribution in [-0.4, -0.2) is 50.1 Å². The lowest BCUT2D eigenvalue weighted by Gasteiger charge is -2.35. The van der Waals surface area contributed by atoms with Gasteiger partial charge in [-0.15, -0.1) is 5.10 Å². The van der Waals surface area contributed by atoms with Crippen LogP contribution in [0.2, 0.25) is 0 Å². The van der Waals surface area contributed by atoms with Gasteiger partial charge in [0.05, 0.1) is 35.3 Å². The highest BCUT2D eigenvalue weighted by atomic mass is 16.5. The summed E-state index contributed by atoms with van der Waals surface area (Å²) in [5, 5.41) is 13.6. The first-order chi connectivity index (χ1) is 13.6. The van der Waals surface area contributed by atoms with Gasteiger partial charge in [-0.25, -0.2) is 9.50 Å². The van der Waals surface area contributed by atoms with Crippen LogP contribution in [0.4, 0.5) is 5.82 Å². The molecular weight excluding hydrogens is 352 g/mol. The number of H-pyrrole nitrogens is 1. The fourth-order valence-corrected chi connectivity index (χ4v) is 4.09. The Hall–Kier alpha value is -2.93. The molecule has 1 aliphatic rings. The second kappa shape index (κ2) is 6.60. The minimum atomic E-state index is 0.194. The third-order valence-corrected chi connectivity index (χ3v) is 5.36. The number of aromatic amines is 1. The van der Waals surface area contributed by atoms with E-state index in [0.29, 0.717) is 0 Å². The number of aryl methyl sites for hydroxylation is 1. The molecule has 1 aliphatic heterocycles. The summed E-state index contributed by atoms with van der Waals surface area (Å²) in [5.74, 6) is 0.951. The number of rotatable bonds is 3. The zero-order valence-corrected chi connectivity index (χ0v) is 16.4. The fourth-order valence-electron chi connectivity index (χ4n) is 4.09. The predicted molar refractivity (Wildman–Crippen MR) is 110 cm³/mol. The molecule has 1 N–H and O–H groups in total. The van der Waals surface area contributed by atoms with Crippen LogP contribution in [0.1, 0.15) is 26.5 Å². The van der Waals surface area contributed by atoms with E-state index in [1.165, 1.54) is 0 Å². The molecular formula is C21H24N6O. The number of hydrogen-bond donors (Lipinski definition) is 1. The monoisotopic (exact) mass is 376 g/mol. The molecule has 7 nitrogen and oxygen atoms in total. The maximum absolute atomic E-state index is 5.86. The van der Waals surface area contributed by atoms with Gasteiger partial charge in [-0.05, 0) is 44.5 Å². The van der Waals surface area contributed by atoms with E-state index in [1.54, 1.807) is 0 Å². The van der Waals surface area contributed by atoms with Crippen LogP contribution in [-0.2, 0) is 11.2 Å². The molecule has 1 aromatic carbocycles. The molecule has 0 spiro atoms. The Morgan fingerprint density at radius 2 is 1.96 bits per heavy atom. The molecule has 5 rings (SSSR count). The molecule has 4 heterocycles. The van der Waals surface area contributed by atoms with Crippen LogP contribution < -0.4 is 4.90 Å². The molecule has 1 fully saturated rings. The summed E-state index contributed by atoms with van der Waals surface area (Å²) in [7, 11) is 0. The lowest BCUT2D eigenvalue weighted by atomic mass is 10.1. The largest absolute Gasteiger partial charge is 0.372 e. The molecule has 0 saturated carbocycles. The number of aromatic nitrogens is 5. The van der Waals surface area contributed by atoms with Gasteiger partial charge in [0, 0.05) is 24.0 Å². The SMILES string of the molecule is CCc1n[nH]c2ccc(-c3cnc4ccc(N5C[C@@H](C)O[C@@H](C)C5)nn34)cc12. The van der Waals surface area contributed by atoms with E-state index in [1.807, 2.05) is 22.8 Å². The van der Waals surface area contributed by atoms with Gasteiger partial charge in [0.2, 0.25) is 0 Å². The van der Waals surface area contributed by atoms with Gasteiger partial charge in [0.15, 0.2) is 5.65 Å². The van der Waals surface area contributed by atoms with Gasteiger partial charge in [-0.1, -0.05) is 13.0 Å². The van der Waals surface area contributed by atoms with Crippen LogP contribution in [0.25, 0.3) is 27.8 Å². The summed E-state index contributed by atoms with van der Waals surface area (Å²) in [5.41, 5.74) is 5.05. The standard InChI is InChI=1S/C21H24N6O/c1-4-17-16-9-15(5-6-18(16)24-23-17)19-10-22-20-7-8-21(25-27(19)20)26-11-13(2)28-14(3)12-26/h5-10,13-14H,4,11-12H2,1-3H3,(H,23,24)/t13-,14+. The molecule has 0 bridgehead atoms. The Morgan fingerprint density at radius 3 is 2.75 bits per heavy atom. The topological polar surface area (TPSA) is 71.3 Å². The van der Waals surface area contributed by atoms with E-state index in [4.69, 9.17) is 9.84 Å². The van der Waals surface area contributed by atoms with Gasteiger partial charge < -0.3 is 9.64 Å². The number of hydrogen-bond acceptors (Lipinski definition) is 5. The van der Waals surface area contributed by atoms with Crippen LogP contribution in [0.15, 0.2) is 36.5 Å². The van der Waals surface area contributed by atoms with Crippen molar-refractivity contribution < 1.29 is 4.74 Å². The maximum Gasteiger partial charge on any atom is 0.154 e. The van der Waals surface area contributed by atoms with E-state index in [2.05, 4.69) is 59.1 Å². The molecule has 28 heavy (non-hydrogen) atoms. The second-order valence-electron chi connectivity index (χ2n) is 7.55. The fraction of sp³-hybridized carbons (Fsp3) is 0.381. The highest BCUT2D eigenvalue weighted by Gasteiger charge is 2.23. The van der Waals surface area contributed by atoms with Gasteiger partial charge in [-0.2, -0.15) is 5.10 Å². The van der Waals surface area contributed by atoms with Crippen molar-refractivity contribution in [2.75, 3.05) is 18.0 Å². The molecule has 0 radical (unpaired) electrons. The van der Waals surface area contributed by atoms with Crippen LogP contribution in [0, 0.1) is 0 Å². The predicted octanol–water partition coefficient (Wildman–Crippen LogP) is 3.45. The van der Waals surface area contributed by atoms with Gasteiger partial charge in [-0.3, -0.25) is 5.10 Å². The molecule has 4 aromatic rings. The zero-order valence-electron chi connectivity index (χ0n) is 16.4. The molecule has 2 atom stereocenters. The number of imidazole rings is 1. The van der Waals surface area contributed by atoms with Crippen molar-refractivity contribution in [2.45, 2.75) is 39.4 Å². The van der Waals surface area contributed by atoms with Gasteiger partial charge >= 0.3 is 0 Å². The first-order valence-corrected chi connectivity index (χ1v) is 9.85. The van der Waals surface area contributed by atoms with E-state index in [0.717, 1.165) is 58.8 Å². The van der Waals surface area contributed by atoms with Crippen LogP contribution in [0.3, 0.4) is 0 Å². The molecule has 0 amide bonds. The third kappa shape index (κ3) is 2.82. The minimum absolute atomic E-state index is 0.194. The van der Waals surface area contributed by atoms with Gasteiger partial charge in [0.25, 0.3) is 0 Å². The minimum Gasteiger partial charge on any atom is -0.372 e. The van der Waals surface area contributed by atoms with E-state index < -0.39 is 0 Å². The molecule has 7 heteroatoms. The summed E-state index contributed by atoms with van der Waals surface area (Å²) in [4.78, 5) is 6.84. The normalized spacial score (nSPS) is 20.3. The number of benzene rings is 1. The average Bonchev–Trinajstić information content (AvgIpc) is 3.29. The van der Waals surface area contributed by atoms with E-state index in [9.17, 15) is 0 Å². The number of fused-ring (bicyclic) bond motifs is 2. The summed E-state index contributed by atoms with van der Waals surface area (Å²) < 4.78 is 7.80. The highest BCUT2D eigenvalue weighted by Crippen LogP contribution is 2.27. The first-order valence-electron chi connectivity index (χ1n) is 9.85. The van der Waals surface area contributed by atoms with E-state index >= 15 is 0 Å². The number of ether oxygens (including phenoxy) is 1. The summed E-state index contributed by atoms with van der Waals surface area (Å²) in [6.45, 7) is 8.01. The van der Waals surface area contributed by atoms with Crippen molar-refractivity contribution in [3.63, 3.8) is 0 Å². The summed E-state index contributed by atoms with van der Waals surface area (Å²) >= 11 is 0. The number of morpholine rings is 1. The summed E-state index contributed by atoms with van der Waals surface area (Å²) in [6.07, 6.45) is 3.18. The lowest BCUT2D eigenvalue weighted by Crippen LogP contribution is -2.46. The smallest absolute Gasteiger partial charge is 0.154 e. The van der Waals surface area contributed by atoms with Crippen molar-refractivity contribution in [1.82, 2.24) is 24.8 Å². The number of nitrogens with one attached hydrogen (secondary N) is 1. The highest BCUT2D eigenvalue weighted by molar-refractivity contribution is 5.86. The van der Waals surface area contributed by atoms with Crippen molar-refractivity contribution in [3.8, 4) is 11.3 Å². The Bertz CT molecular complexity index is 1140. The maximum atomic E-state index is 5.86. The Morgan fingerprint density at radius 1 is 1.14 bits per heavy atom. The van der Waals surface area contributed by atoms with Crippen molar-refractivity contribution >= 4 is 22.4 Å². The lowest BCUT2D eigenvalue weighted by molar-refractivity contribution is -0.00551. The number of anilines is 1. The Kier molecular flexibility index (Phi) is 4.05. The second-order valence-corrected chi connectivity index (χ2v) is 7.55. The first kappa shape index (κ1) is 17.2. The Labute approximate surface area is 163 Å². The molecule has 144 valence electrons. The summed E-state index contributed by atoms with van der Waals surface area (Å²) in [6, 6.07) is 10.4. The molecule has 3 aromatic heterocycles. The van der Waals surface area contributed by atoms with Crippen LogP contribution in [0.5, 0.6) is 0 Å². The zero-order chi connectivity index (χ0) is 19.3. The molecule has 1 saturated heterocycles.